The summed E-state index contributed by atoms with van der Waals surface area (Å²) in [6, 6.07) is 0.596. The first-order chi connectivity index (χ1) is 7.82. The van der Waals surface area contributed by atoms with Crippen LogP contribution >= 0.6 is 12.4 Å². The largest absolute Gasteiger partial charge is 0.325 e. The Hall–Kier alpha value is -1.27. The molecule has 0 saturated carbocycles. The third kappa shape index (κ3) is 3.89. The SMILES string of the molecule is CC(C)[C@@H](N)C(=O)Nc1cc(F)c(F)c(F)c1.Cl. The van der Waals surface area contributed by atoms with E-state index in [0.29, 0.717) is 12.1 Å². The smallest absolute Gasteiger partial charge is 0.241 e. The average Bonchev–Trinajstić information content (AvgIpc) is 2.24. The Bertz CT molecular complexity index is 417. The lowest BCUT2D eigenvalue weighted by Crippen LogP contribution is -2.39. The van der Waals surface area contributed by atoms with Crippen LogP contribution in [0, 0.1) is 23.4 Å². The van der Waals surface area contributed by atoms with Crippen molar-refractivity contribution in [1.82, 2.24) is 0 Å². The van der Waals surface area contributed by atoms with E-state index in [1.165, 1.54) is 0 Å². The number of carbonyl (C=O) groups excluding carboxylic acids is 1. The van der Waals surface area contributed by atoms with Gasteiger partial charge in [-0.05, 0) is 5.92 Å². The summed E-state index contributed by atoms with van der Waals surface area (Å²) in [5.41, 5.74) is 5.38. The maximum absolute atomic E-state index is 12.9. The van der Waals surface area contributed by atoms with Gasteiger partial charge in [-0.3, -0.25) is 4.79 Å². The number of rotatable bonds is 3. The second-order valence-electron chi connectivity index (χ2n) is 4.01. The molecule has 0 unspecified atom stereocenters. The fraction of sp³-hybridized carbons (Fsp3) is 0.364. The highest BCUT2D eigenvalue weighted by atomic mass is 35.5. The van der Waals surface area contributed by atoms with Crippen molar-refractivity contribution in [2.45, 2.75) is 19.9 Å². The normalized spacial score (nSPS) is 11.9. The molecule has 0 radical (unpaired) electrons. The van der Waals surface area contributed by atoms with Crippen LogP contribution in [0.25, 0.3) is 0 Å². The first kappa shape index (κ1) is 16.7. The molecule has 0 spiro atoms. The Morgan fingerprint density at radius 1 is 1.22 bits per heavy atom. The zero-order valence-electron chi connectivity index (χ0n) is 9.84. The number of carbonyl (C=O) groups is 1. The van der Waals surface area contributed by atoms with Gasteiger partial charge in [-0.2, -0.15) is 0 Å². The van der Waals surface area contributed by atoms with E-state index in [0.717, 1.165) is 0 Å². The monoisotopic (exact) mass is 282 g/mol. The maximum Gasteiger partial charge on any atom is 0.241 e. The number of benzene rings is 1. The van der Waals surface area contributed by atoms with Crippen LogP contribution in [0.2, 0.25) is 0 Å². The Morgan fingerprint density at radius 3 is 2.06 bits per heavy atom. The predicted molar refractivity (Wildman–Crippen MR) is 65.0 cm³/mol. The second kappa shape index (κ2) is 6.61. The van der Waals surface area contributed by atoms with Crippen molar-refractivity contribution in [1.29, 1.82) is 0 Å². The highest BCUT2D eigenvalue weighted by Crippen LogP contribution is 2.17. The van der Waals surface area contributed by atoms with Gasteiger partial charge < -0.3 is 11.1 Å². The molecule has 0 aliphatic carbocycles. The van der Waals surface area contributed by atoms with Crippen molar-refractivity contribution in [2.24, 2.45) is 11.7 Å². The number of nitrogens with one attached hydrogen (secondary N) is 1. The van der Waals surface area contributed by atoms with E-state index >= 15 is 0 Å². The summed E-state index contributed by atoms with van der Waals surface area (Å²) >= 11 is 0. The third-order valence-corrected chi connectivity index (χ3v) is 2.27. The van der Waals surface area contributed by atoms with E-state index < -0.39 is 29.4 Å². The van der Waals surface area contributed by atoms with Gasteiger partial charge in [0.05, 0.1) is 6.04 Å². The van der Waals surface area contributed by atoms with Crippen LogP contribution in [0.4, 0.5) is 18.9 Å². The fourth-order valence-corrected chi connectivity index (χ4v) is 1.16. The minimum atomic E-state index is -1.57. The van der Waals surface area contributed by atoms with Gasteiger partial charge in [0, 0.05) is 17.8 Å². The van der Waals surface area contributed by atoms with Crippen molar-refractivity contribution in [3.05, 3.63) is 29.6 Å². The zero-order chi connectivity index (χ0) is 13.2. The van der Waals surface area contributed by atoms with Crippen LogP contribution in [0.5, 0.6) is 0 Å². The van der Waals surface area contributed by atoms with Crippen LogP contribution < -0.4 is 11.1 Å². The Balaban J connectivity index is 0.00000289. The molecule has 102 valence electrons. The molecule has 1 rings (SSSR count). The number of nitrogens with two attached hydrogens (primary N) is 1. The van der Waals surface area contributed by atoms with E-state index in [9.17, 15) is 18.0 Å². The summed E-state index contributed by atoms with van der Waals surface area (Å²) in [5, 5.41) is 2.22. The molecule has 18 heavy (non-hydrogen) atoms. The lowest BCUT2D eigenvalue weighted by molar-refractivity contribution is -0.118. The molecule has 0 aliphatic rings. The van der Waals surface area contributed by atoms with E-state index in [4.69, 9.17) is 5.73 Å². The van der Waals surface area contributed by atoms with Gasteiger partial charge in [0.25, 0.3) is 0 Å². The molecule has 1 atom stereocenters. The molecule has 1 aromatic rings. The zero-order valence-corrected chi connectivity index (χ0v) is 10.7. The summed E-state index contributed by atoms with van der Waals surface area (Å²) < 4.78 is 38.4. The van der Waals surface area contributed by atoms with Crippen molar-refractivity contribution in [3.63, 3.8) is 0 Å². The minimum Gasteiger partial charge on any atom is -0.325 e. The Kier molecular flexibility index (Phi) is 6.14. The maximum atomic E-state index is 12.9. The number of amides is 1. The number of hydrogen-bond donors (Lipinski definition) is 2. The third-order valence-electron chi connectivity index (χ3n) is 2.27. The molecule has 1 aromatic carbocycles. The summed E-state index contributed by atoms with van der Waals surface area (Å²) in [6.45, 7) is 3.46. The average molecular weight is 283 g/mol. The molecule has 0 aliphatic heterocycles. The van der Waals surface area contributed by atoms with Crippen LogP contribution in [-0.4, -0.2) is 11.9 Å². The number of hydrogen-bond acceptors (Lipinski definition) is 2. The predicted octanol–water partition coefficient (Wildman–Crippen LogP) is 2.45. The van der Waals surface area contributed by atoms with Crippen LogP contribution in [0.15, 0.2) is 12.1 Å². The van der Waals surface area contributed by atoms with Crippen LogP contribution in [-0.2, 0) is 4.79 Å². The van der Waals surface area contributed by atoms with Crippen LogP contribution in [0.1, 0.15) is 13.8 Å². The van der Waals surface area contributed by atoms with Gasteiger partial charge in [-0.25, -0.2) is 13.2 Å². The lowest BCUT2D eigenvalue weighted by Gasteiger charge is -2.15. The van der Waals surface area contributed by atoms with Crippen molar-refractivity contribution < 1.29 is 18.0 Å². The lowest BCUT2D eigenvalue weighted by atomic mass is 10.0. The number of anilines is 1. The van der Waals surface area contributed by atoms with E-state index in [-0.39, 0.29) is 24.0 Å². The highest BCUT2D eigenvalue weighted by molar-refractivity contribution is 5.94. The molecular formula is C11H14ClF3N2O. The molecule has 0 heterocycles. The first-order valence-corrected chi connectivity index (χ1v) is 5.04. The molecule has 3 N–H and O–H groups in total. The number of halogens is 4. The van der Waals surface area contributed by atoms with E-state index in [1.54, 1.807) is 13.8 Å². The van der Waals surface area contributed by atoms with Gasteiger partial charge in [-0.1, -0.05) is 13.8 Å². The molecule has 0 aromatic heterocycles. The molecule has 0 saturated heterocycles. The Morgan fingerprint density at radius 2 is 1.67 bits per heavy atom. The van der Waals surface area contributed by atoms with Crippen molar-refractivity contribution in [2.75, 3.05) is 5.32 Å². The quantitative estimate of drug-likeness (QED) is 0.837. The van der Waals surface area contributed by atoms with Crippen molar-refractivity contribution >= 4 is 24.0 Å². The molecule has 1 amide bonds. The highest BCUT2D eigenvalue weighted by Gasteiger charge is 2.18. The molecule has 0 fully saturated rings. The summed E-state index contributed by atoms with van der Waals surface area (Å²) in [5.74, 6) is -5.00. The second-order valence-corrected chi connectivity index (χ2v) is 4.01. The van der Waals surface area contributed by atoms with E-state index in [1.807, 2.05) is 0 Å². The first-order valence-electron chi connectivity index (χ1n) is 5.04. The summed E-state index contributed by atoms with van der Waals surface area (Å²) in [7, 11) is 0. The summed E-state index contributed by atoms with van der Waals surface area (Å²) in [4.78, 5) is 11.5. The topological polar surface area (TPSA) is 55.1 Å². The molecule has 0 bridgehead atoms. The molecule has 7 heteroatoms. The minimum absolute atomic E-state index is 0. The standard InChI is InChI=1S/C11H13F3N2O.ClH/c1-5(2)10(15)11(17)16-6-3-7(12)9(14)8(13)4-6;/h3-5,10H,15H2,1-2H3,(H,16,17);1H/t10-;/m1./s1. The molecule has 3 nitrogen and oxygen atoms in total. The van der Waals surface area contributed by atoms with Gasteiger partial charge in [0.2, 0.25) is 5.91 Å². The van der Waals surface area contributed by atoms with Gasteiger partial charge in [-0.15, -0.1) is 12.4 Å². The summed E-state index contributed by atoms with van der Waals surface area (Å²) in [6.07, 6.45) is 0. The van der Waals surface area contributed by atoms with Gasteiger partial charge >= 0.3 is 0 Å². The van der Waals surface area contributed by atoms with Gasteiger partial charge in [0.1, 0.15) is 0 Å². The van der Waals surface area contributed by atoms with E-state index in [2.05, 4.69) is 5.32 Å². The fourth-order valence-electron chi connectivity index (χ4n) is 1.16. The van der Waals surface area contributed by atoms with Crippen molar-refractivity contribution in [3.8, 4) is 0 Å². The van der Waals surface area contributed by atoms with Crippen LogP contribution in [0.3, 0.4) is 0 Å². The van der Waals surface area contributed by atoms with Gasteiger partial charge in [0.15, 0.2) is 17.5 Å². The Labute approximate surface area is 109 Å². The molecular weight excluding hydrogens is 269 g/mol.